The molecule has 0 amide bonds. The van der Waals surface area contributed by atoms with Crippen LogP contribution in [-0.2, 0) is 13.1 Å². The molecule has 0 unspecified atom stereocenters. The highest BCUT2D eigenvalue weighted by atomic mass is 16.5. The van der Waals surface area contributed by atoms with Crippen molar-refractivity contribution in [1.29, 1.82) is 0 Å². The summed E-state index contributed by atoms with van der Waals surface area (Å²) < 4.78 is 5.69. The zero-order chi connectivity index (χ0) is 70.2. The number of fused-ring (bicyclic) bond motifs is 1. The van der Waals surface area contributed by atoms with Crippen LogP contribution in [0.3, 0.4) is 0 Å². The van der Waals surface area contributed by atoms with Gasteiger partial charge in [-0.1, -0.05) is 19.9 Å². The zero-order valence-corrected chi connectivity index (χ0v) is 52.8. The monoisotopic (exact) mass is 1030 g/mol. The average molecular weight is 1020 g/mol. The van der Waals surface area contributed by atoms with Crippen LogP contribution in [0.1, 0.15) is 25.0 Å². The lowest BCUT2D eigenvalue weighted by molar-refractivity contribution is 0.308. The van der Waals surface area contributed by atoms with Gasteiger partial charge in [0.25, 0.3) is 0 Å². The predicted molar refractivity (Wildman–Crippen MR) is 491 cm³/mol. The van der Waals surface area contributed by atoms with Crippen LogP contribution in [0.2, 0.25) is 0 Å². The molecular weight excluding hydrogens is 1000 g/mol. The summed E-state index contributed by atoms with van der Waals surface area (Å²) in [5.41, 5.74) is 2.77. The van der Waals surface area contributed by atoms with Crippen LogP contribution in [0.4, 0.5) is 0 Å². The molecule has 1 aliphatic rings. The molecule has 1 aromatic rings. The fourth-order valence-corrected chi connectivity index (χ4v) is 15.0. The van der Waals surface area contributed by atoms with E-state index in [0.29, 0.717) is 6.04 Å². The molecule has 1 heterocycles. The number of rotatable bonds is 40. The first-order chi connectivity index (χ1) is 41.4. The van der Waals surface area contributed by atoms with E-state index in [-0.39, 0.29) is 0 Å². The smallest absolute Gasteiger partial charge is 0.119 e. The number of nitrogens with one attached hydrogen (secondary N) is 2. The van der Waals surface area contributed by atoms with Crippen LogP contribution in [-0.4, -0.2) is 543 Å². The van der Waals surface area contributed by atoms with E-state index in [0.717, 1.165) is 32.0 Å². The lowest BCUT2D eigenvalue weighted by Gasteiger charge is -2.61. The highest BCUT2D eigenvalue weighted by molar-refractivity contribution is 8.40. The predicted octanol–water partition coefficient (Wildman–Crippen LogP) is -26.5. The minimum absolute atomic E-state index is 0.521. The molecule has 0 bridgehead atoms. The number of ether oxygens (including phenoxy) is 1. The number of hydrogen-bond acceptors (Lipinski definition) is 3. The molecule has 1 aromatic carbocycles. The lowest BCUT2D eigenvalue weighted by Crippen LogP contribution is -2.99. The highest BCUT2D eigenvalue weighted by Gasteiger charge is 2.65. The summed E-state index contributed by atoms with van der Waals surface area (Å²) in [6.07, 6.45) is -57.9. The molecule has 2 rings (SSSR count). The second kappa shape index (κ2) is 43.6. The van der Waals surface area contributed by atoms with Crippen LogP contribution in [0.5, 0.6) is 5.75 Å². The van der Waals surface area contributed by atoms with E-state index in [2.05, 4.69) is 42.7 Å². The fraction of sp³-hybridized carbons (Fsp3) is 0.538. The molecular formula is C13H20B74N2O. The molecule has 0 spiro atoms. The summed E-state index contributed by atoms with van der Waals surface area (Å²) in [6.45, 7) is 7.86. The van der Waals surface area contributed by atoms with Crippen molar-refractivity contribution in [3.8, 4) is 5.75 Å². The van der Waals surface area contributed by atoms with Crippen molar-refractivity contribution < 1.29 is 4.74 Å². The molecule has 0 aromatic heterocycles. The molecule has 90 heavy (non-hydrogen) atoms. The van der Waals surface area contributed by atoms with E-state index in [1.807, 2.05) is 0 Å². The van der Waals surface area contributed by atoms with E-state index in [1.54, 1.807) is 0 Å². The average Bonchev–Trinajstić information content (AvgIpc) is 3.83. The summed E-state index contributed by atoms with van der Waals surface area (Å²) in [6, 6.07) is 6.87. The van der Waals surface area contributed by atoms with Gasteiger partial charge < -0.3 is 15.4 Å². The van der Waals surface area contributed by atoms with Gasteiger partial charge in [-0.05, 0) is 23.3 Å². The van der Waals surface area contributed by atoms with Crippen LogP contribution in [0.15, 0.2) is 18.2 Å². The van der Waals surface area contributed by atoms with Crippen molar-refractivity contribution in [2.24, 2.45) is 0 Å². The SMILES string of the molecule is CC(C)NCCOc1ccc2c(c1)CNC2.[B]B([B])B(B([B])[B])B(B([B])[B])B(B(B(B([B])[B])B([B])[B])B(B([B])[B])B([B])[B])B(B(B(B([B])[B])B([B])[B])B(B([B])[B])B([B])[B])B(B(B(B([B])[B])B([B])[B])B(B([B])[B])B([B])[B])B(B(B([B])[B])B([B])[B])B(B([B])[B])B([B])[B]. The number of hydrogen-bond donors (Lipinski definition) is 2. The second-order valence-electron chi connectivity index (χ2n) is 25.3. The summed E-state index contributed by atoms with van der Waals surface area (Å²) in [5, 5.41) is 6.66. The molecule has 0 saturated carbocycles. The summed E-state index contributed by atoms with van der Waals surface area (Å²) in [7, 11) is 258. The second-order valence-corrected chi connectivity index (χ2v) is 25.3. The highest BCUT2D eigenvalue weighted by Crippen LogP contribution is 2.27. The molecule has 1 aliphatic heterocycles. The Bertz CT molecular complexity index is 1860. The molecule has 0 atom stereocenters. The van der Waals surface area contributed by atoms with Gasteiger partial charge in [0.15, 0.2) is 0 Å². The maximum Gasteiger partial charge on any atom is 0.119 e. The van der Waals surface area contributed by atoms with E-state index in [1.165, 1.54) is 11.1 Å². The normalized spacial score (nSPS) is 10.6. The minimum Gasteiger partial charge on any atom is -0.492 e. The van der Waals surface area contributed by atoms with Crippen molar-refractivity contribution in [3.05, 3.63) is 29.3 Å². The van der Waals surface area contributed by atoms with Gasteiger partial charge in [0.2, 0.25) is 0 Å². The van der Waals surface area contributed by atoms with Crippen molar-refractivity contribution in [3.63, 3.8) is 0 Å². The standard InChI is InChI=1S/C13H20N2O.B74/c1-10(2)15-5-6-16-13-4-3-11-8-14-9-12(11)7-13;1-39(2)58(40(3)4)67(57(37)38)72(68(59(41(5)6)42(7)8)60(43(9)10)44(11)12)74(71(65(53(29)30)54(31)32)66(55(33)34)56(35)36)73(69(61(45(13)14)46(15)16)62(47(17)18)48(19)20)70(63(49(21)22)50(23)24)64(51(25)26)52(27)28/h3-4,7,10,14-15H,5-6,8-9H2,1-2H3;. The molecule has 77 heteroatoms. The first kappa shape index (κ1) is 91.8. The molecule has 3 nitrogen and oxygen atoms in total. The third-order valence-electron chi connectivity index (χ3n) is 18.3. The topological polar surface area (TPSA) is 33.3 Å². The van der Waals surface area contributed by atoms with Gasteiger partial charge >= 0.3 is 0 Å². The summed E-state index contributed by atoms with van der Waals surface area (Å²) in [4.78, 5) is 0. The number of benzene rings is 1. The minimum atomic E-state index is -1.81. The molecule has 76 radical (unpaired) electrons. The Balaban J connectivity index is 0.00000216. The molecule has 0 aliphatic carbocycles. The summed E-state index contributed by atoms with van der Waals surface area (Å²) >= 11 is 0. The van der Waals surface area contributed by atoms with Crippen molar-refractivity contribution in [2.45, 2.75) is 33.0 Å². The zero-order valence-electron chi connectivity index (χ0n) is 52.8. The van der Waals surface area contributed by atoms with Gasteiger partial charge in [0, 0.05) is 550 Å². The van der Waals surface area contributed by atoms with E-state index in [9.17, 15) is 0 Å². The Morgan fingerprint density at radius 2 is 0.478 bits per heavy atom. The van der Waals surface area contributed by atoms with Gasteiger partial charge in [-0.25, -0.2) is 0 Å². The Kier molecular flexibility index (Phi) is 44.5. The summed E-state index contributed by atoms with van der Waals surface area (Å²) in [5.74, 6) is 0.980. The molecule has 310 valence electrons. The Labute approximate surface area is 614 Å². The van der Waals surface area contributed by atoms with E-state index in [4.69, 9.17) is 299 Å². The van der Waals surface area contributed by atoms with Gasteiger partial charge in [-0.15, -0.1) is 0 Å². The van der Waals surface area contributed by atoms with Gasteiger partial charge in [-0.3, -0.25) is 0 Å². The lowest BCUT2D eigenvalue weighted by atomic mass is 8.21. The Hall–Kier alpha value is 3.75. The van der Waals surface area contributed by atoms with Gasteiger partial charge in [0.05, 0.1) is 0 Å². The quantitative estimate of drug-likeness (QED) is 0.0508. The fourth-order valence-electron chi connectivity index (χ4n) is 15.0. The van der Waals surface area contributed by atoms with Crippen LogP contribution >= 0.6 is 0 Å². The Morgan fingerprint density at radius 3 is 0.689 bits per heavy atom. The largest absolute Gasteiger partial charge is 0.492 e. The molecule has 0 fully saturated rings. The van der Waals surface area contributed by atoms with Gasteiger partial charge in [-0.2, -0.15) is 0 Å². The van der Waals surface area contributed by atoms with Crippen LogP contribution < -0.4 is 15.4 Å². The first-order valence-corrected chi connectivity index (χ1v) is 30.3. The van der Waals surface area contributed by atoms with E-state index >= 15 is 0 Å². The maximum absolute atomic E-state index is 7.05. The molecule has 2 N–H and O–H groups in total. The van der Waals surface area contributed by atoms with Gasteiger partial charge in [0.1, 0.15) is 12.4 Å². The van der Waals surface area contributed by atoms with Crippen molar-refractivity contribution >= 4 is 524 Å². The molecule has 0 saturated heterocycles. The van der Waals surface area contributed by atoms with Crippen molar-refractivity contribution in [2.75, 3.05) is 13.2 Å². The van der Waals surface area contributed by atoms with Crippen LogP contribution in [0, 0.1) is 0 Å². The maximum atomic E-state index is 7.05. The van der Waals surface area contributed by atoms with Crippen LogP contribution in [0.25, 0.3) is 0 Å². The van der Waals surface area contributed by atoms with Crippen molar-refractivity contribution in [1.82, 2.24) is 10.6 Å². The Morgan fingerprint density at radius 1 is 0.289 bits per heavy atom. The van der Waals surface area contributed by atoms with E-state index < -0.39 is 230 Å². The third kappa shape index (κ3) is 26.2. The third-order valence-corrected chi connectivity index (χ3v) is 18.3. The first-order valence-electron chi connectivity index (χ1n) is 30.3.